The van der Waals surface area contributed by atoms with Gasteiger partial charge in [0, 0.05) is 0 Å². The first-order chi connectivity index (χ1) is 3.93. The largest absolute Gasteiger partial charge is 0.477 e. The van der Waals surface area contributed by atoms with Gasteiger partial charge in [-0.3, -0.25) is 0 Å². The van der Waals surface area contributed by atoms with Gasteiger partial charge in [-0.05, 0) is 12.2 Å². The first-order valence-corrected chi connectivity index (χ1v) is 2.32. The Morgan fingerprint density at radius 2 is 2.38 bits per heavy atom. The zero-order chi connectivity index (χ0) is 5.82. The zero-order valence-electron chi connectivity index (χ0n) is 4.24. The van der Waals surface area contributed by atoms with Crippen molar-refractivity contribution in [3.8, 4) is 0 Å². The van der Waals surface area contributed by atoms with Crippen LogP contribution >= 0.6 is 0 Å². The van der Waals surface area contributed by atoms with Gasteiger partial charge in [0.25, 0.3) is 0 Å². The van der Waals surface area contributed by atoms with Gasteiger partial charge in [-0.15, -0.1) is 0 Å². The molecule has 1 aliphatic heterocycles. The van der Waals surface area contributed by atoms with Crippen LogP contribution in [0.1, 0.15) is 0 Å². The molecule has 1 unspecified atom stereocenters. The lowest BCUT2D eigenvalue weighted by molar-refractivity contribution is 0.0196. The minimum Gasteiger partial charge on any atom is -0.477 e. The van der Waals surface area contributed by atoms with E-state index in [2.05, 4.69) is 0 Å². The average Bonchev–Trinajstić information content (AvgIpc) is 1.90. The molecular weight excluding hydrogens is 106 g/mol. The topological polar surface area (TPSA) is 41.5 Å². The third kappa shape index (κ3) is 1.08. The van der Waals surface area contributed by atoms with E-state index in [9.17, 15) is 0 Å². The summed E-state index contributed by atoms with van der Waals surface area (Å²) < 4.78 is 4.80. The minimum atomic E-state index is -0.375. The molecule has 0 aromatic heterocycles. The van der Waals surface area contributed by atoms with Gasteiger partial charge in [0.1, 0.15) is 0 Å². The smallest absolute Gasteiger partial charge is 0.189 e. The quantitative estimate of drug-likeness (QED) is 0.483. The maximum atomic E-state index is 8.23. The van der Waals surface area contributed by atoms with E-state index in [-0.39, 0.29) is 6.23 Å². The standard InChI is InChI=1S/C5H7NO2/c7-6-5-3-1-2-4-8-5/h1-7H. The molecule has 1 aliphatic rings. The van der Waals surface area contributed by atoms with Crippen LogP contribution in [0.25, 0.3) is 0 Å². The molecule has 0 bridgehead atoms. The summed E-state index contributed by atoms with van der Waals surface area (Å²) in [7, 11) is 0. The molecule has 0 aromatic carbocycles. The van der Waals surface area contributed by atoms with Gasteiger partial charge in [0.05, 0.1) is 6.26 Å². The van der Waals surface area contributed by atoms with E-state index in [1.54, 1.807) is 18.2 Å². The predicted molar refractivity (Wildman–Crippen MR) is 28.1 cm³/mol. The van der Waals surface area contributed by atoms with E-state index in [4.69, 9.17) is 9.94 Å². The van der Waals surface area contributed by atoms with Crippen molar-refractivity contribution in [2.24, 2.45) is 0 Å². The molecule has 1 rings (SSSR count). The second kappa shape index (κ2) is 2.49. The van der Waals surface area contributed by atoms with Crippen molar-refractivity contribution < 1.29 is 9.94 Å². The van der Waals surface area contributed by atoms with Crippen molar-refractivity contribution in [1.29, 1.82) is 0 Å². The molecule has 2 N–H and O–H groups in total. The van der Waals surface area contributed by atoms with Gasteiger partial charge >= 0.3 is 0 Å². The monoisotopic (exact) mass is 113 g/mol. The van der Waals surface area contributed by atoms with Crippen LogP contribution in [0.2, 0.25) is 0 Å². The van der Waals surface area contributed by atoms with Crippen LogP contribution in [0.4, 0.5) is 0 Å². The van der Waals surface area contributed by atoms with Crippen LogP contribution in [0.15, 0.2) is 24.5 Å². The number of rotatable bonds is 1. The number of hydroxylamine groups is 1. The van der Waals surface area contributed by atoms with E-state index in [0.29, 0.717) is 0 Å². The Balaban J connectivity index is 2.40. The van der Waals surface area contributed by atoms with Gasteiger partial charge in [-0.2, -0.15) is 5.48 Å². The Labute approximate surface area is 47.2 Å². The van der Waals surface area contributed by atoms with Crippen molar-refractivity contribution in [3.63, 3.8) is 0 Å². The molecule has 0 radical (unpaired) electrons. The molecule has 0 fully saturated rings. The Morgan fingerprint density at radius 3 is 2.75 bits per heavy atom. The molecule has 0 spiro atoms. The molecular formula is C5H7NO2. The second-order valence-electron chi connectivity index (χ2n) is 1.40. The zero-order valence-corrected chi connectivity index (χ0v) is 4.24. The molecule has 0 aliphatic carbocycles. The molecule has 44 valence electrons. The van der Waals surface area contributed by atoms with Crippen molar-refractivity contribution in [1.82, 2.24) is 5.48 Å². The lowest BCUT2D eigenvalue weighted by atomic mass is 10.4. The van der Waals surface area contributed by atoms with E-state index in [1.807, 2.05) is 5.48 Å². The summed E-state index contributed by atoms with van der Waals surface area (Å²) in [5, 5.41) is 8.23. The molecule has 0 aromatic rings. The molecule has 0 saturated carbocycles. The van der Waals surface area contributed by atoms with Gasteiger partial charge < -0.3 is 9.94 Å². The summed E-state index contributed by atoms with van der Waals surface area (Å²) in [5.41, 5.74) is 1.94. The summed E-state index contributed by atoms with van der Waals surface area (Å²) in [5.74, 6) is 0. The van der Waals surface area contributed by atoms with Gasteiger partial charge in [0.15, 0.2) is 6.23 Å². The van der Waals surface area contributed by atoms with Crippen molar-refractivity contribution in [3.05, 3.63) is 24.5 Å². The third-order valence-corrected chi connectivity index (χ3v) is 0.828. The predicted octanol–water partition coefficient (Wildman–Crippen LogP) is 0.391. The highest BCUT2D eigenvalue weighted by Gasteiger charge is 1.99. The fraction of sp³-hybridized carbons (Fsp3) is 0.200. The minimum absolute atomic E-state index is 0.375. The Bertz CT molecular complexity index is 120. The normalized spacial score (nSPS) is 25.4. The maximum Gasteiger partial charge on any atom is 0.189 e. The van der Waals surface area contributed by atoms with Crippen LogP contribution in [0.5, 0.6) is 0 Å². The second-order valence-corrected chi connectivity index (χ2v) is 1.40. The molecule has 1 heterocycles. The van der Waals surface area contributed by atoms with Crippen molar-refractivity contribution in [2.75, 3.05) is 0 Å². The third-order valence-electron chi connectivity index (χ3n) is 0.828. The van der Waals surface area contributed by atoms with Crippen molar-refractivity contribution in [2.45, 2.75) is 6.23 Å². The number of hydrogen-bond donors (Lipinski definition) is 2. The van der Waals surface area contributed by atoms with Crippen LogP contribution < -0.4 is 5.48 Å². The lowest BCUT2D eigenvalue weighted by Crippen LogP contribution is -2.25. The molecule has 3 nitrogen and oxygen atoms in total. The molecule has 0 saturated heterocycles. The highest BCUT2D eigenvalue weighted by molar-refractivity contribution is 5.06. The summed E-state index contributed by atoms with van der Waals surface area (Å²) in [4.78, 5) is 0. The number of nitrogens with one attached hydrogen (secondary N) is 1. The Kier molecular flexibility index (Phi) is 1.66. The van der Waals surface area contributed by atoms with Gasteiger partial charge in [-0.1, -0.05) is 6.08 Å². The summed E-state index contributed by atoms with van der Waals surface area (Å²) in [6, 6.07) is 0. The van der Waals surface area contributed by atoms with Gasteiger partial charge in [0.2, 0.25) is 0 Å². The van der Waals surface area contributed by atoms with Crippen LogP contribution in [-0.2, 0) is 4.74 Å². The first-order valence-electron chi connectivity index (χ1n) is 2.32. The maximum absolute atomic E-state index is 8.23. The fourth-order valence-corrected chi connectivity index (χ4v) is 0.459. The first kappa shape index (κ1) is 5.34. The summed E-state index contributed by atoms with van der Waals surface area (Å²) in [6.07, 6.45) is 6.36. The SMILES string of the molecule is ONC1C=CC=CO1. The van der Waals surface area contributed by atoms with E-state index < -0.39 is 0 Å². The average molecular weight is 113 g/mol. The number of hydrogen-bond acceptors (Lipinski definition) is 3. The van der Waals surface area contributed by atoms with E-state index in [1.165, 1.54) is 6.26 Å². The van der Waals surface area contributed by atoms with Crippen molar-refractivity contribution >= 4 is 0 Å². The Morgan fingerprint density at radius 1 is 1.50 bits per heavy atom. The molecule has 1 atom stereocenters. The molecule has 8 heavy (non-hydrogen) atoms. The highest BCUT2D eigenvalue weighted by atomic mass is 16.6. The number of allylic oxidation sites excluding steroid dienone is 2. The Hall–Kier alpha value is -0.800. The van der Waals surface area contributed by atoms with Crippen LogP contribution in [0.3, 0.4) is 0 Å². The van der Waals surface area contributed by atoms with E-state index in [0.717, 1.165) is 0 Å². The molecule has 0 amide bonds. The summed E-state index contributed by atoms with van der Waals surface area (Å²) >= 11 is 0. The fourth-order valence-electron chi connectivity index (χ4n) is 0.459. The van der Waals surface area contributed by atoms with Crippen LogP contribution in [0, 0.1) is 0 Å². The van der Waals surface area contributed by atoms with Crippen LogP contribution in [-0.4, -0.2) is 11.4 Å². The molecule has 3 heteroatoms. The van der Waals surface area contributed by atoms with Gasteiger partial charge in [-0.25, -0.2) is 0 Å². The van der Waals surface area contributed by atoms with E-state index >= 15 is 0 Å². The lowest BCUT2D eigenvalue weighted by Gasteiger charge is -2.11. The number of ether oxygens (including phenoxy) is 1. The highest BCUT2D eigenvalue weighted by Crippen LogP contribution is 1.96. The summed E-state index contributed by atoms with van der Waals surface area (Å²) in [6.45, 7) is 0.